The van der Waals surface area contributed by atoms with Crippen molar-refractivity contribution in [3.63, 3.8) is 0 Å². The molecule has 4 rings (SSSR count). The van der Waals surface area contributed by atoms with Gasteiger partial charge in [0.1, 0.15) is 11.2 Å². The zero-order valence-corrected chi connectivity index (χ0v) is 33.5. The Labute approximate surface area is 296 Å². The number of amides is 1. The van der Waals surface area contributed by atoms with Gasteiger partial charge in [-0.3, -0.25) is 0 Å². The molecule has 2 aromatic rings. The van der Waals surface area contributed by atoms with Crippen molar-refractivity contribution in [1.82, 2.24) is 15.6 Å². The van der Waals surface area contributed by atoms with E-state index in [1.54, 1.807) is 14.2 Å². The number of alkyl carbamates (subject to hydrolysis) is 1. The highest BCUT2D eigenvalue weighted by Crippen LogP contribution is 2.48. The van der Waals surface area contributed by atoms with Gasteiger partial charge in [0.2, 0.25) is 5.88 Å². The highest BCUT2D eigenvalue weighted by atomic mass is 28.4. The Bertz CT molecular complexity index is 1440. The van der Waals surface area contributed by atoms with Crippen LogP contribution >= 0.6 is 0 Å². The number of ether oxygens (including phenoxy) is 4. The lowest BCUT2D eigenvalue weighted by molar-refractivity contribution is -0.0419. The fraction of sp³-hybridized carbons (Fsp3) is 0.692. The third-order valence-electron chi connectivity index (χ3n) is 10.1. The molecule has 10 heteroatoms. The molecular weight excluding hydrogens is 635 g/mol. The lowest BCUT2D eigenvalue weighted by atomic mass is 9.73. The van der Waals surface area contributed by atoms with Crippen molar-refractivity contribution in [2.45, 2.75) is 148 Å². The molecule has 1 aromatic carbocycles. The van der Waals surface area contributed by atoms with Gasteiger partial charge >= 0.3 is 6.09 Å². The first-order valence-corrected chi connectivity index (χ1v) is 20.8. The molecule has 274 valence electrons. The normalized spacial score (nSPS) is 18.8. The first-order valence-electron chi connectivity index (χ1n) is 17.9. The topological polar surface area (TPSA) is 100 Å². The van der Waals surface area contributed by atoms with E-state index < -0.39 is 26.1 Å². The number of nitrogens with one attached hydrogen (secondary N) is 2. The quantitative estimate of drug-likeness (QED) is 0.213. The SMILES string of the molecule is COc1ccc(C[C@H](NC(=O)OC(C)(C)C)[C@@H](CN[C@H]2CC3(CCC3)Oc3ncc(CC(C)(C)C)cc32)O[Si](C)(C)C(C)(C)C)cc1OC. The van der Waals surface area contributed by atoms with Crippen molar-refractivity contribution < 1.29 is 28.2 Å². The second-order valence-corrected chi connectivity index (χ2v) is 22.6. The summed E-state index contributed by atoms with van der Waals surface area (Å²) >= 11 is 0. The smallest absolute Gasteiger partial charge is 0.407 e. The van der Waals surface area contributed by atoms with Crippen LogP contribution in [-0.4, -0.2) is 63.5 Å². The number of nitrogens with zero attached hydrogens (tertiary/aromatic N) is 1. The van der Waals surface area contributed by atoms with Crippen molar-refractivity contribution in [2.75, 3.05) is 20.8 Å². The second kappa shape index (κ2) is 14.8. The van der Waals surface area contributed by atoms with Gasteiger partial charge in [0.15, 0.2) is 19.8 Å². The van der Waals surface area contributed by atoms with E-state index in [9.17, 15) is 4.79 Å². The molecule has 1 aliphatic heterocycles. The summed E-state index contributed by atoms with van der Waals surface area (Å²) in [5, 5.41) is 7.12. The number of carbonyl (C=O) groups is 1. The highest BCUT2D eigenvalue weighted by molar-refractivity contribution is 6.74. The fourth-order valence-electron chi connectivity index (χ4n) is 6.42. The summed E-state index contributed by atoms with van der Waals surface area (Å²) in [6.07, 6.45) is 6.66. The van der Waals surface area contributed by atoms with Gasteiger partial charge in [-0.05, 0) is 106 Å². The minimum absolute atomic E-state index is 0.0326. The molecule has 2 N–H and O–H groups in total. The van der Waals surface area contributed by atoms with Crippen LogP contribution in [0.25, 0.3) is 0 Å². The van der Waals surface area contributed by atoms with Crippen LogP contribution in [0.4, 0.5) is 4.79 Å². The average Bonchev–Trinajstić information content (AvgIpc) is 2.95. The van der Waals surface area contributed by atoms with Gasteiger partial charge < -0.3 is 34.0 Å². The van der Waals surface area contributed by atoms with Crippen LogP contribution in [0.1, 0.15) is 111 Å². The van der Waals surface area contributed by atoms with Gasteiger partial charge in [0.25, 0.3) is 0 Å². The molecule has 1 saturated carbocycles. The van der Waals surface area contributed by atoms with Gasteiger partial charge in [-0.25, -0.2) is 9.78 Å². The van der Waals surface area contributed by atoms with E-state index in [0.29, 0.717) is 24.5 Å². The zero-order chi connectivity index (χ0) is 36.4. The molecular formula is C39H63N3O6Si. The molecule has 1 spiro atoms. The molecule has 1 aliphatic carbocycles. The molecule has 0 bridgehead atoms. The predicted molar refractivity (Wildman–Crippen MR) is 198 cm³/mol. The summed E-state index contributed by atoms with van der Waals surface area (Å²) in [4.78, 5) is 18.3. The minimum atomic E-state index is -2.31. The Morgan fingerprint density at radius 3 is 2.22 bits per heavy atom. The molecule has 2 heterocycles. The van der Waals surface area contributed by atoms with Crippen molar-refractivity contribution >= 4 is 14.4 Å². The van der Waals surface area contributed by atoms with Crippen LogP contribution in [0.2, 0.25) is 18.1 Å². The number of hydrogen-bond acceptors (Lipinski definition) is 8. The standard InChI is InChI=1S/C39H63N3O6Si/c1-36(2,3)22-27-19-28-30(23-39(17-14-18-39)46-34(28)41-24-27)40-25-33(48-49(12,13)38(7,8)9)29(42-35(43)47-37(4,5)6)20-26-15-16-31(44-10)32(21-26)45-11/h15-16,19,21,24,29-30,33,40H,14,17-18,20,22-23,25H2,1-13H3,(H,42,43)/t29-,30-,33+/m0/s1. The van der Waals surface area contributed by atoms with E-state index >= 15 is 0 Å². The molecule has 0 saturated heterocycles. The highest BCUT2D eigenvalue weighted by Gasteiger charge is 2.47. The van der Waals surface area contributed by atoms with Crippen molar-refractivity contribution in [2.24, 2.45) is 5.41 Å². The van der Waals surface area contributed by atoms with Crippen LogP contribution in [0.15, 0.2) is 30.5 Å². The third-order valence-corrected chi connectivity index (χ3v) is 14.6. The van der Waals surface area contributed by atoms with Crippen LogP contribution < -0.4 is 24.8 Å². The van der Waals surface area contributed by atoms with Crippen molar-refractivity contribution in [1.29, 1.82) is 0 Å². The Morgan fingerprint density at radius 2 is 1.67 bits per heavy atom. The largest absolute Gasteiger partial charge is 0.493 e. The average molecular weight is 698 g/mol. The van der Waals surface area contributed by atoms with E-state index in [1.807, 2.05) is 45.2 Å². The summed E-state index contributed by atoms with van der Waals surface area (Å²) < 4.78 is 30.8. The van der Waals surface area contributed by atoms with Crippen molar-refractivity contribution in [3.8, 4) is 17.4 Å². The Morgan fingerprint density at radius 1 is 1.00 bits per heavy atom. The van der Waals surface area contributed by atoms with E-state index in [0.717, 1.165) is 49.1 Å². The van der Waals surface area contributed by atoms with E-state index in [2.05, 4.69) is 71.3 Å². The van der Waals surface area contributed by atoms with E-state index in [-0.39, 0.29) is 28.2 Å². The molecule has 1 fully saturated rings. The van der Waals surface area contributed by atoms with Gasteiger partial charge in [0.05, 0.1) is 26.4 Å². The van der Waals surface area contributed by atoms with Crippen molar-refractivity contribution in [3.05, 3.63) is 47.2 Å². The number of rotatable bonds is 12. The Balaban J connectivity index is 1.72. The van der Waals surface area contributed by atoms with Crippen LogP contribution in [0, 0.1) is 5.41 Å². The number of benzene rings is 1. The predicted octanol–water partition coefficient (Wildman–Crippen LogP) is 8.55. The molecule has 1 aromatic heterocycles. The summed E-state index contributed by atoms with van der Waals surface area (Å²) in [5.74, 6) is 2.03. The van der Waals surface area contributed by atoms with Gasteiger partial charge in [0, 0.05) is 30.8 Å². The molecule has 0 unspecified atom stereocenters. The number of carbonyl (C=O) groups excluding carboxylic acids is 1. The maximum Gasteiger partial charge on any atom is 0.407 e. The van der Waals surface area contributed by atoms with Gasteiger partial charge in [-0.15, -0.1) is 0 Å². The number of hydrogen-bond donors (Lipinski definition) is 2. The summed E-state index contributed by atoms with van der Waals surface area (Å²) in [6.45, 7) is 24.1. The Kier molecular flexibility index (Phi) is 11.8. The molecule has 3 atom stereocenters. The molecule has 2 aliphatic rings. The monoisotopic (exact) mass is 697 g/mol. The van der Waals surface area contributed by atoms with Gasteiger partial charge in [-0.2, -0.15) is 0 Å². The summed E-state index contributed by atoms with van der Waals surface area (Å²) in [6, 6.07) is 7.79. The lowest BCUT2D eigenvalue weighted by Gasteiger charge is -2.48. The number of aromatic nitrogens is 1. The number of pyridine rings is 1. The first kappa shape index (κ1) is 39.0. The number of methoxy groups -OCH3 is 2. The maximum absolute atomic E-state index is 13.4. The molecule has 9 nitrogen and oxygen atoms in total. The first-order chi connectivity index (χ1) is 22.6. The molecule has 49 heavy (non-hydrogen) atoms. The van der Waals surface area contributed by atoms with Crippen LogP contribution in [0.5, 0.6) is 17.4 Å². The lowest BCUT2D eigenvalue weighted by Crippen LogP contribution is -2.57. The second-order valence-electron chi connectivity index (χ2n) is 17.8. The summed E-state index contributed by atoms with van der Waals surface area (Å²) in [7, 11) is 0.950. The van der Waals surface area contributed by atoms with Crippen LogP contribution in [0.3, 0.4) is 0 Å². The molecule has 0 radical (unpaired) electrons. The van der Waals surface area contributed by atoms with Crippen LogP contribution in [-0.2, 0) is 22.0 Å². The fourth-order valence-corrected chi connectivity index (χ4v) is 7.78. The summed E-state index contributed by atoms with van der Waals surface area (Å²) in [5.41, 5.74) is 2.60. The Hall–Kier alpha value is -2.82. The maximum atomic E-state index is 13.4. The zero-order valence-electron chi connectivity index (χ0n) is 32.5. The third kappa shape index (κ3) is 10.4. The number of fused-ring (bicyclic) bond motifs is 1. The molecule has 1 amide bonds. The minimum Gasteiger partial charge on any atom is -0.493 e. The van der Waals surface area contributed by atoms with E-state index in [1.165, 1.54) is 5.56 Å². The van der Waals surface area contributed by atoms with Gasteiger partial charge in [-0.1, -0.05) is 47.6 Å². The van der Waals surface area contributed by atoms with E-state index in [4.69, 9.17) is 28.4 Å².